The Labute approximate surface area is 180 Å². The van der Waals surface area contributed by atoms with Crippen LogP contribution in [0, 0.1) is 11.3 Å². The lowest BCUT2D eigenvalue weighted by molar-refractivity contribution is -0.114. The van der Waals surface area contributed by atoms with E-state index in [1.165, 1.54) is 13.0 Å². The van der Waals surface area contributed by atoms with Gasteiger partial charge in [-0.05, 0) is 42.5 Å². The van der Waals surface area contributed by atoms with Crippen molar-refractivity contribution in [1.29, 1.82) is 5.26 Å². The molecule has 154 valence electrons. The van der Waals surface area contributed by atoms with Crippen molar-refractivity contribution in [2.24, 2.45) is 0 Å². The third kappa shape index (κ3) is 6.27. The van der Waals surface area contributed by atoms with Crippen LogP contribution in [0.15, 0.2) is 78.6 Å². The molecule has 0 saturated heterocycles. The highest BCUT2D eigenvalue weighted by atomic mass is 16.5. The summed E-state index contributed by atoms with van der Waals surface area (Å²) < 4.78 is 5.85. The topological polar surface area (TPSA) is 104 Å². The van der Waals surface area contributed by atoms with Gasteiger partial charge in [0.1, 0.15) is 24.0 Å². The molecule has 0 spiro atoms. The molecule has 0 aliphatic rings. The number of nitrogens with one attached hydrogen (secondary N) is 2. The molecular formula is C24H20N4O3. The highest BCUT2D eigenvalue weighted by molar-refractivity contribution is 6.09. The molecule has 0 fully saturated rings. The summed E-state index contributed by atoms with van der Waals surface area (Å²) in [4.78, 5) is 27.7. The fraction of sp³-hybridized carbons (Fsp3) is 0.0833. The molecule has 0 unspecified atom stereocenters. The van der Waals surface area contributed by atoms with Crippen molar-refractivity contribution in [3.05, 3.63) is 89.8 Å². The van der Waals surface area contributed by atoms with Crippen molar-refractivity contribution < 1.29 is 14.3 Å². The zero-order valence-electron chi connectivity index (χ0n) is 16.8. The average molecular weight is 412 g/mol. The minimum absolute atomic E-state index is 0.0663. The van der Waals surface area contributed by atoms with Crippen LogP contribution in [0.3, 0.4) is 0 Å². The third-order valence-electron chi connectivity index (χ3n) is 4.16. The molecule has 0 saturated carbocycles. The van der Waals surface area contributed by atoms with Crippen LogP contribution >= 0.6 is 0 Å². The molecule has 0 radical (unpaired) electrons. The molecule has 0 aliphatic carbocycles. The number of hydrogen-bond acceptors (Lipinski definition) is 5. The SMILES string of the molecule is CC(=O)Nc1ccc(NC(=O)/C(C#N)=C/c2ccccc2OCc2cccnc2)cc1. The molecule has 0 aliphatic heterocycles. The molecule has 2 aromatic carbocycles. The Bertz CT molecular complexity index is 1130. The van der Waals surface area contributed by atoms with Crippen molar-refractivity contribution in [2.45, 2.75) is 13.5 Å². The lowest BCUT2D eigenvalue weighted by atomic mass is 10.1. The van der Waals surface area contributed by atoms with Gasteiger partial charge in [0.05, 0.1) is 0 Å². The maximum Gasteiger partial charge on any atom is 0.266 e. The molecule has 1 aromatic heterocycles. The zero-order chi connectivity index (χ0) is 22.1. The number of carbonyl (C=O) groups is 2. The fourth-order valence-corrected chi connectivity index (χ4v) is 2.72. The van der Waals surface area contributed by atoms with E-state index in [-0.39, 0.29) is 11.5 Å². The number of rotatable bonds is 7. The molecule has 2 amide bonds. The Kier molecular flexibility index (Phi) is 7.12. The van der Waals surface area contributed by atoms with Gasteiger partial charge in [0.2, 0.25) is 5.91 Å². The van der Waals surface area contributed by atoms with Gasteiger partial charge in [0.15, 0.2) is 0 Å². The molecule has 1 heterocycles. The van der Waals surface area contributed by atoms with Gasteiger partial charge in [-0.1, -0.05) is 24.3 Å². The van der Waals surface area contributed by atoms with Crippen molar-refractivity contribution in [2.75, 3.05) is 10.6 Å². The van der Waals surface area contributed by atoms with Gasteiger partial charge in [-0.25, -0.2) is 0 Å². The van der Waals surface area contributed by atoms with Gasteiger partial charge < -0.3 is 15.4 Å². The molecule has 3 aromatic rings. The van der Waals surface area contributed by atoms with E-state index >= 15 is 0 Å². The highest BCUT2D eigenvalue weighted by Crippen LogP contribution is 2.23. The number of nitriles is 1. The fourth-order valence-electron chi connectivity index (χ4n) is 2.72. The summed E-state index contributed by atoms with van der Waals surface area (Å²) in [6.45, 7) is 1.73. The number of benzene rings is 2. The second-order valence-corrected chi connectivity index (χ2v) is 6.57. The van der Waals surface area contributed by atoms with E-state index in [1.807, 2.05) is 24.3 Å². The Morgan fingerprint density at radius 2 is 1.74 bits per heavy atom. The molecule has 7 nitrogen and oxygen atoms in total. The summed E-state index contributed by atoms with van der Waals surface area (Å²) in [5.74, 6) is -0.181. The Balaban J connectivity index is 1.73. The van der Waals surface area contributed by atoms with Crippen LogP contribution in [-0.2, 0) is 16.2 Å². The van der Waals surface area contributed by atoms with Crippen LogP contribution in [-0.4, -0.2) is 16.8 Å². The first-order valence-corrected chi connectivity index (χ1v) is 9.46. The van der Waals surface area contributed by atoms with E-state index < -0.39 is 5.91 Å². The number of ether oxygens (including phenoxy) is 1. The number of nitrogens with zero attached hydrogens (tertiary/aromatic N) is 2. The molecule has 0 bridgehead atoms. The summed E-state index contributed by atoms with van der Waals surface area (Å²) in [6, 6.07) is 19.4. The Morgan fingerprint density at radius 1 is 1.03 bits per heavy atom. The molecule has 7 heteroatoms. The van der Waals surface area contributed by atoms with Gasteiger partial charge in [0.25, 0.3) is 5.91 Å². The normalized spacial score (nSPS) is 10.6. The summed E-state index contributed by atoms with van der Waals surface area (Å²) in [6.07, 6.45) is 4.88. The van der Waals surface area contributed by atoms with E-state index in [2.05, 4.69) is 15.6 Å². The van der Waals surface area contributed by atoms with Gasteiger partial charge in [-0.2, -0.15) is 5.26 Å². The van der Waals surface area contributed by atoms with Crippen LogP contribution in [0.4, 0.5) is 11.4 Å². The Morgan fingerprint density at radius 3 is 2.39 bits per heavy atom. The van der Waals surface area contributed by atoms with E-state index in [0.717, 1.165) is 5.56 Å². The lowest BCUT2D eigenvalue weighted by Crippen LogP contribution is -2.13. The third-order valence-corrected chi connectivity index (χ3v) is 4.16. The monoisotopic (exact) mass is 412 g/mol. The van der Waals surface area contributed by atoms with Gasteiger partial charge in [-0.15, -0.1) is 0 Å². The summed E-state index contributed by atoms with van der Waals surface area (Å²) in [5.41, 5.74) is 2.56. The molecule has 0 atom stereocenters. The second kappa shape index (κ2) is 10.4. The largest absolute Gasteiger partial charge is 0.488 e. The van der Waals surface area contributed by atoms with Crippen molar-refractivity contribution in [3.63, 3.8) is 0 Å². The second-order valence-electron chi connectivity index (χ2n) is 6.57. The van der Waals surface area contributed by atoms with E-state index in [1.54, 1.807) is 54.9 Å². The first-order chi connectivity index (χ1) is 15.0. The minimum Gasteiger partial charge on any atom is -0.488 e. The van der Waals surface area contributed by atoms with Crippen LogP contribution in [0.5, 0.6) is 5.75 Å². The van der Waals surface area contributed by atoms with Crippen LogP contribution in [0.2, 0.25) is 0 Å². The Hall–Kier alpha value is -4.44. The van der Waals surface area contributed by atoms with Crippen LogP contribution in [0.25, 0.3) is 6.08 Å². The van der Waals surface area contributed by atoms with Gasteiger partial charge in [0, 0.05) is 41.8 Å². The molecule has 3 rings (SSSR count). The zero-order valence-corrected chi connectivity index (χ0v) is 16.8. The smallest absolute Gasteiger partial charge is 0.266 e. The molecule has 2 N–H and O–H groups in total. The predicted octanol–water partition coefficient (Wildman–Crippen LogP) is 4.16. The standard InChI is InChI=1S/C24H20N4O3/c1-17(29)27-21-8-10-22(11-9-21)28-24(30)20(14-25)13-19-6-2-3-7-23(19)31-16-18-5-4-12-26-15-18/h2-13,15H,16H2,1H3,(H,27,29)(H,28,30)/b20-13+. The van der Waals surface area contributed by atoms with Crippen molar-refractivity contribution in [3.8, 4) is 11.8 Å². The average Bonchev–Trinajstić information content (AvgIpc) is 2.78. The number of carbonyl (C=O) groups excluding carboxylic acids is 2. The summed E-state index contributed by atoms with van der Waals surface area (Å²) >= 11 is 0. The van der Waals surface area contributed by atoms with Crippen LogP contribution < -0.4 is 15.4 Å². The molecule has 31 heavy (non-hydrogen) atoms. The van der Waals surface area contributed by atoms with Crippen LogP contribution in [0.1, 0.15) is 18.1 Å². The number of hydrogen-bond donors (Lipinski definition) is 2. The number of para-hydroxylation sites is 1. The van der Waals surface area contributed by atoms with Gasteiger partial charge in [-0.3, -0.25) is 14.6 Å². The first kappa shape index (κ1) is 21.3. The lowest BCUT2D eigenvalue weighted by Gasteiger charge is -2.10. The summed E-state index contributed by atoms with van der Waals surface area (Å²) in [7, 11) is 0. The quantitative estimate of drug-likeness (QED) is 0.448. The molecular weight excluding hydrogens is 392 g/mol. The van der Waals surface area contributed by atoms with Crippen molar-refractivity contribution >= 4 is 29.3 Å². The van der Waals surface area contributed by atoms with Crippen molar-refractivity contribution in [1.82, 2.24) is 4.98 Å². The highest BCUT2D eigenvalue weighted by Gasteiger charge is 2.12. The number of aromatic nitrogens is 1. The predicted molar refractivity (Wildman–Crippen MR) is 118 cm³/mol. The maximum absolute atomic E-state index is 12.6. The van der Waals surface area contributed by atoms with Gasteiger partial charge >= 0.3 is 0 Å². The summed E-state index contributed by atoms with van der Waals surface area (Å²) in [5, 5.41) is 14.8. The van der Waals surface area contributed by atoms with E-state index in [0.29, 0.717) is 29.3 Å². The van der Waals surface area contributed by atoms with E-state index in [4.69, 9.17) is 4.74 Å². The number of pyridine rings is 1. The first-order valence-electron chi connectivity index (χ1n) is 9.46. The minimum atomic E-state index is -0.545. The maximum atomic E-state index is 12.6. The number of anilines is 2. The number of amides is 2. The van der Waals surface area contributed by atoms with E-state index in [9.17, 15) is 14.9 Å².